The van der Waals surface area contributed by atoms with E-state index in [1.807, 2.05) is 11.0 Å². The number of nitrogens with zero attached hydrogens (tertiary/aromatic N) is 1. The van der Waals surface area contributed by atoms with Crippen LogP contribution in [-0.4, -0.2) is 38.4 Å². The molecule has 0 spiro atoms. The monoisotopic (exact) mass is 385 g/mol. The van der Waals surface area contributed by atoms with Gasteiger partial charge in [-0.3, -0.25) is 9.52 Å². The van der Waals surface area contributed by atoms with Crippen LogP contribution < -0.4 is 10.5 Å². The fraction of sp³-hybridized carbons (Fsp3) is 0.350. The van der Waals surface area contributed by atoms with E-state index in [-0.39, 0.29) is 16.8 Å². The topological polar surface area (TPSA) is 92.5 Å². The molecule has 2 aromatic rings. The molecular weight excluding hydrogens is 362 g/mol. The van der Waals surface area contributed by atoms with Crippen molar-refractivity contribution in [2.45, 2.75) is 23.8 Å². The normalized spacial score (nSPS) is 24.6. The van der Waals surface area contributed by atoms with Crippen LogP contribution in [-0.2, 0) is 10.0 Å². The van der Waals surface area contributed by atoms with Gasteiger partial charge in [-0.25, -0.2) is 8.42 Å². The minimum atomic E-state index is -3.69. The lowest BCUT2D eigenvalue weighted by atomic mass is 9.98. The summed E-state index contributed by atoms with van der Waals surface area (Å²) in [6.45, 7) is 1.44. The number of likely N-dealkylation sites (tertiary alicyclic amines) is 1. The number of rotatable bonds is 4. The van der Waals surface area contributed by atoms with Crippen LogP contribution in [0.15, 0.2) is 59.5 Å². The van der Waals surface area contributed by atoms with Crippen molar-refractivity contribution in [3.8, 4) is 0 Å². The summed E-state index contributed by atoms with van der Waals surface area (Å²) in [5.74, 6) is 0.832. The van der Waals surface area contributed by atoms with E-state index in [1.165, 1.54) is 12.1 Å². The molecule has 2 aromatic carbocycles. The van der Waals surface area contributed by atoms with Crippen LogP contribution >= 0.6 is 0 Å². The molecule has 4 rings (SSSR count). The van der Waals surface area contributed by atoms with E-state index in [2.05, 4.69) is 4.72 Å². The Bertz CT molecular complexity index is 929. The number of carbonyl (C=O) groups is 1. The summed E-state index contributed by atoms with van der Waals surface area (Å²) in [4.78, 5) is 14.7. The van der Waals surface area contributed by atoms with Gasteiger partial charge < -0.3 is 10.6 Å². The van der Waals surface area contributed by atoms with Crippen LogP contribution in [0.25, 0.3) is 0 Å². The maximum atomic E-state index is 12.8. The molecule has 2 aliphatic rings. The zero-order chi connectivity index (χ0) is 19.0. The SMILES string of the molecule is NC1CCC2CN(C(=O)c3ccc(S(=O)(=O)Nc4ccccc4)cc3)CC12. The first kappa shape index (κ1) is 18.0. The fourth-order valence-electron chi connectivity index (χ4n) is 4.15. The van der Waals surface area contributed by atoms with Crippen LogP contribution in [0.2, 0.25) is 0 Å². The van der Waals surface area contributed by atoms with E-state index in [1.54, 1.807) is 36.4 Å². The van der Waals surface area contributed by atoms with Gasteiger partial charge >= 0.3 is 0 Å². The molecular formula is C20H23N3O3S. The van der Waals surface area contributed by atoms with E-state index < -0.39 is 10.0 Å². The lowest BCUT2D eigenvalue weighted by Gasteiger charge is -2.19. The number of sulfonamides is 1. The molecule has 3 atom stereocenters. The molecule has 1 heterocycles. The van der Waals surface area contributed by atoms with Crippen LogP contribution in [0.3, 0.4) is 0 Å². The zero-order valence-electron chi connectivity index (χ0n) is 14.9. The molecule has 7 heteroatoms. The Morgan fingerprint density at radius 2 is 1.70 bits per heavy atom. The van der Waals surface area contributed by atoms with Crippen molar-refractivity contribution in [2.24, 2.45) is 17.6 Å². The third kappa shape index (κ3) is 3.57. The number of benzene rings is 2. The highest BCUT2D eigenvalue weighted by molar-refractivity contribution is 7.92. The number of fused-ring (bicyclic) bond motifs is 1. The molecule has 2 fully saturated rings. The minimum absolute atomic E-state index is 0.0587. The van der Waals surface area contributed by atoms with Crippen molar-refractivity contribution in [2.75, 3.05) is 17.8 Å². The Morgan fingerprint density at radius 1 is 1.00 bits per heavy atom. The van der Waals surface area contributed by atoms with Gasteiger partial charge in [-0.2, -0.15) is 0 Å². The van der Waals surface area contributed by atoms with Gasteiger partial charge in [0.05, 0.1) is 4.90 Å². The second-order valence-corrected chi connectivity index (χ2v) is 9.05. The lowest BCUT2D eigenvalue weighted by Crippen LogP contribution is -2.33. The number of anilines is 1. The molecule has 0 bridgehead atoms. The van der Waals surface area contributed by atoms with Crippen LogP contribution in [0.5, 0.6) is 0 Å². The molecule has 1 saturated carbocycles. The molecule has 1 aliphatic carbocycles. The molecule has 0 aromatic heterocycles. The first-order valence-electron chi connectivity index (χ1n) is 9.17. The highest BCUT2D eigenvalue weighted by Gasteiger charge is 2.42. The first-order valence-corrected chi connectivity index (χ1v) is 10.6. The van der Waals surface area contributed by atoms with Crippen molar-refractivity contribution in [1.82, 2.24) is 4.90 Å². The Morgan fingerprint density at radius 3 is 2.37 bits per heavy atom. The summed E-state index contributed by atoms with van der Waals surface area (Å²) in [5.41, 5.74) is 7.14. The van der Waals surface area contributed by atoms with Gasteiger partial charge in [-0.15, -0.1) is 0 Å². The van der Waals surface area contributed by atoms with Gasteiger partial charge in [0, 0.05) is 30.4 Å². The Labute approximate surface area is 159 Å². The van der Waals surface area contributed by atoms with Crippen LogP contribution in [0, 0.1) is 11.8 Å². The minimum Gasteiger partial charge on any atom is -0.338 e. The Hall–Kier alpha value is -2.38. The number of hydrogen-bond donors (Lipinski definition) is 2. The third-order valence-electron chi connectivity index (χ3n) is 5.64. The fourth-order valence-corrected chi connectivity index (χ4v) is 5.21. The number of nitrogens with two attached hydrogens (primary N) is 1. The van der Waals surface area contributed by atoms with Crippen LogP contribution in [0.4, 0.5) is 5.69 Å². The van der Waals surface area contributed by atoms with E-state index in [0.717, 1.165) is 19.4 Å². The second-order valence-electron chi connectivity index (χ2n) is 7.37. The summed E-state index contributed by atoms with van der Waals surface area (Å²) >= 11 is 0. The molecule has 1 amide bonds. The molecule has 6 nitrogen and oxygen atoms in total. The van der Waals surface area contributed by atoms with Crippen molar-refractivity contribution in [1.29, 1.82) is 0 Å². The van der Waals surface area contributed by atoms with E-state index in [9.17, 15) is 13.2 Å². The smallest absolute Gasteiger partial charge is 0.261 e. The van der Waals surface area contributed by atoms with Gasteiger partial charge in [0.15, 0.2) is 0 Å². The first-order chi connectivity index (χ1) is 12.9. The van der Waals surface area contributed by atoms with Gasteiger partial charge in [0.2, 0.25) is 0 Å². The Kier molecular flexibility index (Phi) is 4.65. The number of carbonyl (C=O) groups excluding carboxylic acids is 1. The second kappa shape index (κ2) is 6.98. The van der Waals surface area contributed by atoms with Crippen LogP contribution in [0.1, 0.15) is 23.2 Å². The summed E-state index contributed by atoms with van der Waals surface area (Å²) in [5, 5.41) is 0. The number of hydrogen-bond acceptors (Lipinski definition) is 4. The largest absolute Gasteiger partial charge is 0.338 e. The van der Waals surface area contributed by atoms with Gasteiger partial charge in [-0.1, -0.05) is 18.2 Å². The third-order valence-corrected chi connectivity index (χ3v) is 7.03. The standard InChI is InChI=1S/C20H23N3O3S/c21-19-11-8-15-12-23(13-18(15)19)20(24)14-6-9-17(10-7-14)27(25,26)22-16-4-2-1-3-5-16/h1-7,9-10,15,18-19,22H,8,11-13,21H2. The van der Waals surface area contributed by atoms with Gasteiger partial charge in [0.1, 0.15) is 0 Å². The molecule has 142 valence electrons. The van der Waals surface area contributed by atoms with Crippen molar-refractivity contribution < 1.29 is 13.2 Å². The predicted molar refractivity (Wildman–Crippen MR) is 104 cm³/mol. The van der Waals surface area contributed by atoms with E-state index in [4.69, 9.17) is 5.73 Å². The molecule has 1 aliphatic heterocycles. The van der Waals surface area contributed by atoms with Gasteiger partial charge in [-0.05, 0) is 61.1 Å². The number of para-hydroxylation sites is 1. The molecule has 0 radical (unpaired) electrons. The summed E-state index contributed by atoms with van der Waals surface area (Å²) < 4.78 is 27.5. The van der Waals surface area contributed by atoms with E-state index in [0.29, 0.717) is 29.6 Å². The average molecular weight is 385 g/mol. The number of nitrogens with one attached hydrogen (secondary N) is 1. The molecule has 3 N–H and O–H groups in total. The highest BCUT2D eigenvalue weighted by atomic mass is 32.2. The highest BCUT2D eigenvalue weighted by Crippen LogP contribution is 2.37. The maximum absolute atomic E-state index is 12.8. The van der Waals surface area contributed by atoms with Gasteiger partial charge in [0.25, 0.3) is 15.9 Å². The Balaban J connectivity index is 1.47. The summed E-state index contributed by atoms with van der Waals surface area (Å²) in [7, 11) is -3.69. The molecule has 1 saturated heterocycles. The quantitative estimate of drug-likeness (QED) is 0.845. The summed E-state index contributed by atoms with van der Waals surface area (Å²) in [6, 6.07) is 15.0. The van der Waals surface area contributed by atoms with Crippen molar-refractivity contribution >= 4 is 21.6 Å². The summed E-state index contributed by atoms with van der Waals surface area (Å²) in [6.07, 6.45) is 2.12. The van der Waals surface area contributed by atoms with Crippen molar-refractivity contribution in [3.63, 3.8) is 0 Å². The maximum Gasteiger partial charge on any atom is 0.261 e. The molecule has 27 heavy (non-hydrogen) atoms. The average Bonchev–Trinajstić information content (AvgIpc) is 3.24. The number of amides is 1. The predicted octanol–water partition coefficient (Wildman–Crippen LogP) is 2.30. The van der Waals surface area contributed by atoms with Crippen molar-refractivity contribution in [3.05, 3.63) is 60.2 Å². The van der Waals surface area contributed by atoms with E-state index >= 15 is 0 Å². The zero-order valence-corrected chi connectivity index (χ0v) is 15.7. The lowest BCUT2D eigenvalue weighted by molar-refractivity contribution is 0.0779. The molecule has 3 unspecified atom stereocenters.